The van der Waals surface area contributed by atoms with E-state index < -0.39 is 0 Å². The van der Waals surface area contributed by atoms with E-state index in [4.69, 9.17) is 16.0 Å². The van der Waals surface area contributed by atoms with Crippen LogP contribution in [0.3, 0.4) is 0 Å². The van der Waals surface area contributed by atoms with Gasteiger partial charge in [-0.05, 0) is 55.5 Å². The molecule has 0 saturated carbocycles. The number of pyridine rings is 1. The summed E-state index contributed by atoms with van der Waals surface area (Å²) in [4.78, 5) is 18.7. The summed E-state index contributed by atoms with van der Waals surface area (Å²) in [6, 6.07) is 16.0. The standard InChI is InChI=1S/C18H15ClN2O2/c1-13-5-10-16(23-13)12-21(17-4-2-3-11-20-17)18(22)14-6-8-15(19)9-7-14/h2-11H,12H2,1H3. The molecule has 23 heavy (non-hydrogen) atoms. The molecule has 116 valence electrons. The topological polar surface area (TPSA) is 46.3 Å². The molecule has 3 aromatic rings. The third-order valence-corrected chi connectivity index (χ3v) is 3.62. The number of furan rings is 1. The fraction of sp³-hybridized carbons (Fsp3) is 0.111. The average molecular weight is 327 g/mol. The van der Waals surface area contributed by atoms with Gasteiger partial charge in [-0.15, -0.1) is 0 Å². The van der Waals surface area contributed by atoms with Crippen LogP contribution in [-0.2, 0) is 6.54 Å². The zero-order chi connectivity index (χ0) is 16.2. The van der Waals surface area contributed by atoms with Crippen LogP contribution in [0.1, 0.15) is 21.9 Å². The second kappa shape index (κ2) is 6.67. The van der Waals surface area contributed by atoms with E-state index >= 15 is 0 Å². The number of aryl methyl sites for hydroxylation is 1. The van der Waals surface area contributed by atoms with Crippen molar-refractivity contribution in [3.8, 4) is 0 Å². The summed E-state index contributed by atoms with van der Waals surface area (Å²) in [7, 11) is 0. The van der Waals surface area contributed by atoms with Gasteiger partial charge in [0.15, 0.2) is 0 Å². The first-order valence-electron chi connectivity index (χ1n) is 7.17. The van der Waals surface area contributed by atoms with E-state index in [9.17, 15) is 4.79 Å². The van der Waals surface area contributed by atoms with Gasteiger partial charge in [0, 0.05) is 16.8 Å². The zero-order valence-corrected chi connectivity index (χ0v) is 13.3. The summed E-state index contributed by atoms with van der Waals surface area (Å²) in [6.07, 6.45) is 1.66. The molecule has 0 bridgehead atoms. The minimum atomic E-state index is -0.158. The number of nitrogens with zero attached hydrogens (tertiary/aromatic N) is 2. The third-order valence-electron chi connectivity index (χ3n) is 3.37. The van der Waals surface area contributed by atoms with Crippen LogP contribution in [0.15, 0.2) is 65.2 Å². The number of rotatable bonds is 4. The Morgan fingerprint density at radius 2 is 1.91 bits per heavy atom. The predicted molar refractivity (Wildman–Crippen MR) is 89.6 cm³/mol. The van der Waals surface area contributed by atoms with Gasteiger partial charge in [0.25, 0.3) is 5.91 Å². The summed E-state index contributed by atoms with van der Waals surface area (Å²) in [5, 5.41) is 0.590. The molecule has 0 aliphatic carbocycles. The maximum Gasteiger partial charge on any atom is 0.259 e. The minimum absolute atomic E-state index is 0.158. The van der Waals surface area contributed by atoms with Crippen LogP contribution >= 0.6 is 11.6 Å². The van der Waals surface area contributed by atoms with Crippen molar-refractivity contribution < 1.29 is 9.21 Å². The molecule has 1 aromatic carbocycles. The lowest BCUT2D eigenvalue weighted by Gasteiger charge is -2.20. The Hall–Kier alpha value is -2.59. The number of aromatic nitrogens is 1. The van der Waals surface area contributed by atoms with Gasteiger partial charge >= 0.3 is 0 Å². The van der Waals surface area contributed by atoms with Crippen LogP contribution in [0, 0.1) is 6.92 Å². The van der Waals surface area contributed by atoms with Crippen molar-refractivity contribution in [2.24, 2.45) is 0 Å². The van der Waals surface area contributed by atoms with Crippen molar-refractivity contribution in [2.45, 2.75) is 13.5 Å². The summed E-state index contributed by atoms with van der Waals surface area (Å²) in [6.45, 7) is 2.18. The molecule has 0 saturated heterocycles. The van der Waals surface area contributed by atoms with E-state index in [0.29, 0.717) is 28.7 Å². The lowest BCUT2D eigenvalue weighted by Crippen LogP contribution is -2.31. The quantitative estimate of drug-likeness (QED) is 0.710. The highest BCUT2D eigenvalue weighted by atomic mass is 35.5. The van der Waals surface area contributed by atoms with Crippen LogP contribution in [-0.4, -0.2) is 10.9 Å². The lowest BCUT2D eigenvalue weighted by molar-refractivity contribution is 0.0982. The number of hydrogen-bond donors (Lipinski definition) is 0. The molecule has 0 aliphatic rings. The first-order valence-corrected chi connectivity index (χ1v) is 7.55. The highest BCUT2D eigenvalue weighted by Crippen LogP contribution is 2.20. The molecule has 2 aromatic heterocycles. The summed E-state index contributed by atoms with van der Waals surface area (Å²) >= 11 is 5.89. The van der Waals surface area contributed by atoms with Crippen LogP contribution in [0.25, 0.3) is 0 Å². The fourth-order valence-electron chi connectivity index (χ4n) is 2.24. The van der Waals surface area contributed by atoms with Crippen molar-refractivity contribution in [2.75, 3.05) is 4.90 Å². The van der Waals surface area contributed by atoms with Crippen molar-refractivity contribution in [1.29, 1.82) is 0 Å². The molecular weight excluding hydrogens is 312 g/mol. The molecule has 0 radical (unpaired) electrons. The van der Waals surface area contributed by atoms with Gasteiger partial charge in [0.2, 0.25) is 0 Å². The van der Waals surface area contributed by atoms with Crippen LogP contribution in [0.2, 0.25) is 5.02 Å². The van der Waals surface area contributed by atoms with Crippen LogP contribution in [0.5, 0.6) is 0 Å². The number of carbonyl (C=O) groups excluding carboxylic acids is 1. The molecule has 0 N–H and O–H groups in total. The number of halogens is 1. The molecule has 2 heterocycles. The highest BCUT2D eigenvalue weighted by Gasteiger charge is 2.20. The van der Waals surface area contributed by atoms with E-state index in [0.717, 1.165) is 5.76 Å². The SMILES string of the molecule is Cc1ccc(CN(C(=O)c2ccc(Cl)cc2)c2ccccn2)o1. The van der Waals surface area contributed by atoms with Crippen molar-refractivity contribution in [1.82, 2.24) is 4.98 Å². The number of anilines is 1. The van der Waals surface area contributed by atoms with Gasteiger partial charge in [-0.3, -0.25) is 9.69 Å². The lowest BCUT2D eigenvalue weighted by atomic mass is 10.2. The Labute approximate surface area is 139 Å². The number of benzene rings is 1. The Balaban J connectivity index is 1.94. The normalized spacial score (nSPS) is 10.5. The molecule has 5 heteroatoms. The summed E-state index contributed by atoms with van der Waals surface area (Å²) in [5.74, 6) is 1.92. The third kappa shape index (κ3) is 3.60. The van der Waals surface area contributed by atoms with Gasteiger partial charge in [-0.25, -0.2) is 4.98 Å². The number of hydrogen-bond acceptors (Lipinski definition) is 3. The van der Waals surface area contributed by atoms with Gasteiger partial charge in [-0.2, -0.15) is 0 Å². The first kappa shape index (κ1) is 15.3. The maximum absolute atomic E-state index is 12.9. The van der Waals surface area contributed by atoms with Gasteiger partial charge in [-0.1, -0.05) is 17.7 Å². The number of carbonyl (C=O) groups is 1. The Kier molecular flexibility index (Phi) is 4.44. The van der Waals surface area contributed by atoms with Crippen molar-refractivity contribution in [3.63, 3.8) is 0 Å². The highest BCUT2D eigenvalue weighted by molar-refractivity contribution is 6.30. The second-order valence-corrected chi connectivity index (χ2v) is 5.53. The zero-order valence-electron chi connectivity index (χ0n) is 12.6. The van der Waals surface area contributed by atoms with Gasteiger partial charge in [0.1, 0.15) is 17.3 Å². The van der Waals surface area contributed by atoms with Crippen LogP contribution in [0.4, 0.5) is 5.82 Å². The van der Waals surface area contributed by atoms with Gasteiger partial charge < -0.3 is 4.42 Å². The molecule has 4 nitrogen and oxygen atoms in total. The Bertz CT molecular complexity index is 797. The average Bonchev–Trinajstić information content (AvgIpc) is 2.99. The molecule has 3 rings (SSSR count). The monoisotopic (exact) mass is 326 g/mol. The largest absolute Gasteiger partial charge is 0.464 e. The Morgan fingerprint density at radius 3 is 2.52 bits per heavy atom. The summed E-state index contributed by atoms with van der Waals surface area (Å²) in [5.41, 5.74) is 0.545. The molecule has 0 aliphatic heterocycles. The second-order valence-electron chi connectivity index (χ2n) is 5.10. The van der Waals surface area contributed by atoms with E-state index in [1.165, 1.54) is 0 Å². The molecule has 0 spiro atoms. The number of amides is 1. The molecule has 0 unspecified atom stereocenters. The predicted octanol–water partition coefficient (Wildman–Crippen LogP) is 4.48. The van der Waals surface area contributed by atoms with E-state index in [-0.39, 0.29) is 5.91 Å². The first-order chi connectivity index (χ1) is 11.1. The molecule has 1 amide bonds. The summed E-state index contributed by atoms with van der Waals surface area (Å²) < 4.78 is 5.60. The van der Waals surface area contributed by atoms with E-state index in [2.05, 4.69) is 4.98 Å². The smallest absolute Gasteiger partial charge is 0.259 e. The minimum Gasteiger partial charge on any atom is -0.464 e. The van der Waals surface area contributed by atoms with E-state index in [1.54, 1.807) is 41.4 Å². The maximum atomic E-state index is 12.9. The Morgan fingerprint density at radius 1 is 1.13 bits per heavy atom. The van der Waals surface area contributed by atoms with Crippen LogP contribution < -0.4 is 4.90 Å². The van der Waals surface area contributed by atoms with Crippen molar-refractivity contribution >= 4 is 23.3 Å². The van der Waals surface area contributed by atoms with Gasteiger partial charge in [0.05, 0.1) is 6.54 Å². The molecule has 0 fully saturated rings. The molecular formula is C18H15ClN2O2. The van der Waals surface area contributed by atoms with E-state index in [1.807, 2.05) is 31.2 Å². The fourth-order valence-corrected chi connectivity index (χ4v) is 2.37. The van der Waals surface area contributed by atoms with Crippen molar-refractivity contribution in [3.05, 3.63) is 82.9 Å². The molecule has 0 atom stereocenters.